The molecule has 0 atom stereocenters. The summed E-state index contributed by atoms with van der Waals surface area (Å²) in [6.07, 6.45) is 3.48. The molecule has 0 aliphatic carbocycles. The molecule has 5 heteroatoms. The van der Waals surface area contributed by atoms with E-state index >= 15 is 0 Å². The third kappa shape index (κ3) is 3.96. The maximum Gasteiger partial charge on any atom is 0.336 e. The zero-order chi connectivity index (χ0) is 14.5. The van der Waals surface area contributed by atoms with Crippen LogP contribution in [0.1, 0.15) is 36.5 Å². The van der Waals surface area contributed by atoms with Gasteiger partial charge in [0.1, 0.15) is 0 Å². The molecule has 0 aromatic heterocycles. The molecule has 0 amide bonds. The molecule has 4 nitrogen and oxygen atoms in total. The Morgan fingerprint density at radius 3 is 2.70 bits per heavy atom. The van der Waals surface area contributed by atoms with E-state index in [9.17, 15) is 4.79 Å². The zero-order valence-corrected chi connectivity index (χ0v) is 13.3. The van der Waals surface area contributed by atoms with Gasteiger partial charge in [-0.2, -0.15) is 0 Å². The third-order valence-corrected chi connectivity index (χ3v) is 4.35. The number of rotatable bonds is 5. The average molecular weight is 341 g/mol. The number of anilines is 1. The molecule has 20 heavy (non-hydrogen) atoms. The van der Waals surface area contributed by atoms with Crippen LogP contribution in [0.25, 0.3) is 0 Å². The fourth-order valence-electron chi connectivity index (χ4n) is 2.63. The number of piperidine rings is 1. The summed E-state index contributed by atoms with van der Waals surface area (Å²) in [5.41, 5.74) is 1.28. The van der Waals surface area contributed by atoms with Gasteiger partial charge in [-0.3, -0.25) is 0 Å². The first-order valence-electron chi connectivity index (χ1n) is 7.12. The highest BCUT2D eigenvalue weighted by Crippen LogP contribution is 2.23. The monoisotopic (exact) mass is 340 g/mol. The second-order valence-corrected chi connectivity index (χ2v) is 6.11. The summed E-state index contributed by atoms with van der Waals surface area (Å²) >= 11 is 3.31. The molecule has 1 aromatic carbocycles. The van der Waals surface area contributed by atoms with Crippen LogP contribution in [0.2, 0.25) is 0 Å². The van der Waals surface area contributed by atoms with Crippen molar-refractivity contribution in [3.63, 3.8) is 0 Å². The van der Waals surface area contributed by atoms with Crippen molar-refractivity contribution in [3.8, 4) is 0 Å². The van der Waals surface area contributed by atoms with Crippen molar-refractivity contribution in [2.75, 3.05) is 25.0 Å². The predicted octanol–water partition coefficient (Wildman–Crippen LogP) is 3.43. The van der Waals surface area contributed by atoms with Gasteiger partial charge in [0.2, 0.25) is 0 Å². The molecular weight excluding hydrogens is 320 g/mol. The lowest BCUT2D eigenvalue weighted by molar-refractivity contribution is 0.0696. The molecule has 1 aromatic rings. The molecule has 1 heterocycles. The number of carboxylic acids is 1. The summed E-state index contributed by atoms with van der Waals surface area (Å²) in [4.78, 5) is 13.5. The van der Waals surface area contributed by atoms with Gasteiger partial charge in [-0.15, -0.1) is 0 Å². The van der Waals surface area contributed by atoms with Crippen LogP contribution in [-0.4, -0.2) is 41.7 Å². The first kappa shape index (κ1) is 15.3. The fourth-order valence-corrected chi connectivity index (χ4v) is 3.18. The number of nitrogens with zero attached hydrogens (tertiary/aromatic N) is 1. The van der Waals surface area contributed by atoms with Crippen molar-refractivity contribution >= 4 is 27.6 Å². The summed E-state index contributed by atoms with van der Waals surface area (Å²) in [7, 11) is 0. The lowest BCUT2D eigenvalue weighted by Gasteiger charge is -2.32. The number of hydrogen-bond donors (Lipinski definition) is 2. The molecule has 1 fully saturated rings. The van der Waals surface area contributed by atoms with Gasteiger partial charge < -0.3 is 15.3 Å². The number of nitrogens with one attached hydrogen (secondary N) is 1. The van der Waals surface area contributed by atoms with Gasteiger partial charge in [0, 0.05) is 29.3 Å². The van der Waals surface area contributed by atoms with Crippen LogP contribution in [0.4, 0.5) is 5.69 Å². The highest BCUT2D eigenvalue weighted by molar-refractivity contribution is 9.10. The van der Waals surface area contributed by atoms with E-state index in [2.05, 4.69) is 33.1 Å². The number of carbonyl (C=O) groups is 1. The topological polar surface area (TPSA) is 52.6 Å². The molecule has 1 aliphatic rings. The fraction of sp³-hybridized carbons (Fsp3) is 0.533. The maximum absolute atomic E-state index is 11.0. The van der Waals surface area contributed by atoms with Crippen molar-refractivity contribution in [1.29, 1.82) is 0 Å². The van der Waals surface area contributed by atoms with Crippen LogP contribution in [0.15, 0.2) is 22.7 Å². The predicted molar refractivity (Wildman–Crippen MR) is 84.5 cm³/mol. The second kappa shape index (κ2) is 7.09. The Hall–Kier alpha value is -1.07. The van der Waals surface area contributed by atoms with E-state index < -0.39 is 5.97 Å². The maximum atomic E-state index is 11.0. The van der Waals surface area contributed by atoms with Crippen LogP contribution < -0.4 is 5.32 Å². The van der Waals surface area contributed by atoms with Gasteiger partial charge in [0.25, 0.3) is 0 Å². The van der Waals surface area contributed by atoms with E-state index in [-0.39, 0.29) is 0 Å². The van der Waals surface area contributed by atoms with Gasteiger partial charge >= 0.3 is 5.97 Å². The molecule has 0 bridgehead atoms. The Morgan fingerprint density at radius 2 is 2.15 bits per heavy atom. The number of hydrogen-bond acceptors (Lipinski definition) is 3. The number of aromatic carboxylic acids is 1. The van der Waals surface area contributed by atoms with E-state index in [1.807, 2.05) is 12.1 Å². The summed E-state index contributed by atoms with van der Waals surface area (Å²) < 4.78 is 0.624. The standard InChI is InChI=1S/C15H21BrN2O2/c1-2-7-18-8-5-11(6-9-18)17-12-3-4-13(15(19)20)14(16)10-12/h3-4,10-11,17H,2,5-9H2,1H3,(H,19,20). The number of carboxylic acid groups (broad SMARTS) is 1. The second-order valence-electron chi connectivity index (χ2n) is 5.26. The molecule has 110 valence electrons. The molecule has 0 saturated carbocycles. The molecule has 1 saturated heterocycles. The molecule has 2 rings (SSSR count). The van der Waals surface area contributed by atoms with Crippen molar-refractivity contribution in [2.24, 2.45) is 0 Å². The Balaban J connectivity index is 1.91. The van der Waals surface area contributed by atoms with Crippen molar-refractivity contribution in [2.45, 2.75) is 32.2 Å². The largest absolute Gasteiger partial charge is 0.478 e. The SMILES string of the molecule is CCCN1CCC(Nc2ccc(C(=O)O)c(Br)c2)CC1. The normalized spacial score (nSPS) is 17.1. The summed E-state index contributed by atoms with van der Waals surface area (Å²) in [6.45, 7) is 5.68. The lowest BCUT2D eigenvalue weighted by atomic mass is 10.0. The van der Waals surface area contributed by atoms with Crippen LogP contribution in [0.3, 0.4) is 0 Å². The summed E-state index contributed by atoms with van der Waals surface area (Å²) in [6, 6.07) is 5.81. The molecule has 0 radical (unpaired) electrons. The van der Waals surface area contributed by atoms with Gasteiger partial charge in [-0.05, 0) is 59.9 Å². The molecule has 0 unspecified atom stereocenters. The summed E-state index contributed by atoms with van der Waals surface area (Å²) in [5, 5.41) is 12.5. The van der Waals surface area contributed by atoms with Crippen LogP contribution in [0.5, 0.6) is 0 Å². The Kier molecular flexibility index (Phi) is 5.43. The number of benzene rings is 1. The Bertz CT molecular complexity index is 471. The highest BCUT2D eigenvalue weighted by atomic mass is 79.9. The average Bonchev–Trinajstić information content (AvgIpc) is 2.41. The molecule has 2 N–H and O–H groups in total. The Morgan fingerprint density at radius 1 is 1.45 bits per heavy atom. The van der Waals surface area contributed by atoms with Crippen molar-refractivity contribution < 1.29 is 9.90 Å². The van der Waals surface area contributed by atoms with E-state index in [4.69, 9.17) is 5.11 Å². The first-order chi connectivity index (χ1) is 9.60. The quantitative estimate of drug-likeness (QED) is 0.862. The lowest BCUT2D eigenvalue weighted by Crippen LogP contribution is -2.39. The van der Waals surface area contributed by atoms with E-state index in [1.165, 1.54) is 13.0 Å². The van der Waals surface area contributed by atoms with Gasteiger partial charge in [-0.25, -0.2) is 4.79 Å². The van der Waals surface area contributed by atoms with Gasteiger partial charge in [-0.1, -0.05) is 6.92 Å². The van der Waals surface area contributed by atoms with Crippen molar-refractivity contribution in [1.82, 2.24) is 4.90 Å². The van der Waals surface area contributed by atoms with E-state index in [0.29, 0.717) is 16.1 Å². The molecular formula is C15H21BrN2O2. The minimum Gasteiger partial charge on any atom is -0.478 e. The minimum absolute atomic E-state index is 0.299. The smallest absolute Gasteiger partial charge is 0.336 e. The van der Waals surface area contributed by atoms with E-state index in [0.717, 1.165) is 31.6 Å². The van der Waals surface area contributed by atoms with Gasteiger partial charge in [0.15, 0.2) is 0 Å². The molecule has 1 aliphatic heterocycles. The summed E-state index contributed by atoms with van der Waals surface area (Å²) in [5.74, 6) is -0.906. The van der Waals surface area contributed by atoms with E-state index in [1.54, 1.807) is 6.07 Å². The Labute approximate surface area is 128 Å². The number of halogens is 1. The highest BCUT2D eigenvalue weighted by Gasteiger charge is 2.18. The van der Waals surface area contributed by atoms with Gasteiger partial charge in [0.05, 0.1) is 5.56 Å². The van der Waals surface area contributed by atoms with Crippen molar-refractivity contribution in [3.05, 3.63) is 28.2 Å². The third-order valence-electron chi connectivity index (χ3n) is 3.70. The number of likely N-dealkylation sites (tertiary alicyclic amines) is 1. The van der Waals surface area contributed by atoms with Crippen LogP contribution in [0, 0.1) is 0 Å². The van der Waals surface area contributed by atoms with Crippen LogP contribution >= 0.6 is 15.9 Å². The molecule has 0 spiro atoms. The first-order valence-corrected chi connectivity index (χ1v) is 7.91. The zero-order valence-electron chi connectivity index (χ0n) is 11.7. The van der Waals surface area contributed by atoms with Crippen LogP contribution in [-0.2, 0) is 0 Å². The minimum atomic E-state index is -0.906.